The largest absolute Gasteiger partial charge is 0.309 e. The Hall–Kier alpha value is -0.840. The summed E-state index contributed by atoms with van der Waals surface area (Å²) in [6, 6.07) is 6.01. The normalized spacial score (nSPS) is 12.7. The third kappa shape index (κ3) is 2.94. The molecule has 18 heavy (non-hydrogen) atoms. The predicted molar refractivity (Wildman–Crippen MR) is 78.0 cm³/mol. The van der Waals surface area contributed by atoms with E-state index in [1.807, 2.05) is 30.1 Å². The highest BCUT2D eigenvalue weighted by Gasteiger charge is 2.15. The van der Waals surface area contributed by atoms with Crippen LogP contribution in [0, 0.1) is 0 Å². The molecule has 1 atom stereocenters. The van der Waals surface area contributed by atoms with Gasteiger partial charge in [0.05, 0.1) is 12.2 Å². The molecule has 1 heterocycles. The van der Waals surface area contributed by atoms with E-state index in [-0.39, 0.29) is 6.04 Å². The fraction of sp³-hybridized carbons (Fsp3) is 0.308. The molecule has 0 aliphatic heterocycles. The van der Waals surface area contributed by atoms with Crippen LogP contribution in [-0.2, 0) is 6.54 Å². The zero-order valence-electron chi connectivity index (χ0n) is 10.3. The SMILES string of the molecule is CCn1cc(C(NC)c2cc(Cl)cc(Br)c2)cn1. The van der Waals surface area contributed by atoms with Crippen LogP contribution in [0.1, 0.15) is 24.1 Å². The van der Waals surface area contributed by atoms with Crippen molar-refractivity contribution in [3.05, 3.63) is 51.2 Å². The Kier molecular flexibility index (Phi) is 4.43. The van der Waals surface area contributed by atoms with E-state index in [1.165, 1.54) is 0 Å². The van der Waals surface area contributed by atoms with Crippen LogP contribution in [-0.4, -0.2) is 16.8 Å². The van der Waals surface area contributed by atoms with Gasteiger partial charge in [-0.05, 0) is 37.7 Å². The molecule has 5 heteroatoms. The highest BCUT2D eigenvalue weighted by Crippen LogP contribution is 2.27. The first kappa shape index (κ1) is 13.6. The molecule has 0 saturated carbocycles. The summed E-state index contributed by atoms with van der Waals surface area (Å²) in [4.78, 5) is 0. The number of hydrogen-bond acceptors (Lipinski definition) is 2. The van der Waals surface area contributed by atoms with Crippen molar-refractivity contribution in [2.45, 2.75) is 19.5 Å². The van der Waals surface area contributed by atoms with Gasteiger partial charge in [0.15, 0.2) is 0 Å². The first-order chi connectivity index (χ1) is 8.63. The summed E-state index contributed by atoms with van der Waals surface area (Å²) in [5.41, 5.74) is 2.25. The number of aromatic nitrogens is 2. The molecule has 0 fully saturated rings. The third-order valence-corrected chi connectivity index (χ3v) is 3.49. The summed E-state index contributed by atoms with van der Waals surface area (Å²) in [6.45, 7) is 2.94. The van der Waals surface area contributed by atoms with Crippen LogP contribution in [0.5, 0.6) is 0 Å². The van der Waals surface area contributed by atoms with Crippen LogP contribution in [0.4, 0.5) is 0 Å². The number of rotatable bonds is 4. The minimum Gasteiger partial charge on any atom is -0.309 e. The predicted octanol–water partition coefficient (Wildman–Crippen LogP) is 3.63. The highest BCUT2D eigenvalue weighted by atomic mass is 79.9. The molecule has 0 aliphatic rings. The van der Waals surface area contributed by atoms with Crippen molar-refractivity contribution < 1.29 is 0 Å². The first-order valence-corrected chi connectivity index (χ1v) is 6.96. The molecule has 0 aliphatic carbocycles. The van der Waals surface area contributed by atoms with Gasteiger partial charge < -0.3 is 5.32 Å². The molecule has 0 amide bonds. The lowest BCUT2D eigenvalue weighted by molar-refractivity contribution is 0.653. The van der Waals surface area contributed by atoms with Gasteiger partial charge in [-0.15, -0.1) is 0 Å². The second-order valence-electron chi connectivity index (χ2n) is 4.05. The van der Waals surface area contributed by atoms with Crippen molar-refractivity contribution in [1.29, 1.82) is 0 Å². The van der Waals surface area contributed by atoms with Gasteiger partial charge in [-0.2, -0.15) is 5.10 Å². The molecule has 1 N–H and O–H groups in total. The van der Waals surface area contributed by atoms with Crippen LogP contribution in [0.25, 0.3) is 0 Å². The maximum Gasteiger partial charge on any atom is 0.0606 e. The van der Waals surface area contributed by atoms with E-state index < -0.39 is 0 Å². The molecule has 96 valence electrons. The Balaban J connectivity index is 2.38. The lowest BCUT2D eigenvalue weighted by Gasteiger charge is -2.15. The van der Waals surface area contributed by atoms with Gasteiger partial charge in [0, 0.05) is 27.8 Å². The Bertz CT molecular complexity index is 519. The van der Waals surface area contributed by atoms with E-state index in [1.54, 1.807) is 0 Å². The Labute approximate surface area is 120 Å². The summed E-state index contributed by atoms with van der Waals surface area (Å²) >= 11 is 9.56. The number of nitrogens with one attached hydrogen (secondary N) is 1. The summed E-state index contributed by atoms with van der Waals surface area (Å²) in [5, 5.41) is 8.32. The molecule has 1 unspecified atom stereocenters. The summed E-state index contributed by atoms with van der Waals surface area (Å²) in [5.74, 6) is 0. The topological polar surface area (TPSA) is 29.9 Å². The van der Waals surface area contributed by atoms with Crippen molar-refractivity contribution in [2.24, 2.45) is 0 Å². The summed E-state index contributed by atoms with van der Waals surface area (Å²) in [7, 11) is 1.93. The molecule has 3 nitrogen and oxygen atoms in total. The average molecular weight is 329 g/mol. The zero-order valence-corrected chi connectivity index (χ0v) is 12.7. The molecule has 2 aromatic rings. The summed E-state index contributed by atoms with van der Waals surface area (Å²) in [6.07, 6.45) is 3.94. The molecule has 0 radical (unpaired) electrons. The molecular weight excluding hydrogens is 314 g/mol. The fourth-order valence-corrected chi connectivity index (χ4v) is 2.86. The molecule has 1 aromatic carbocycles. The number of hydrogen-bond donors (Lipinski definition) is 1. The number of halogens is 2. The standard InChI is InChI=1S/C13H15BrClN3/c1-3-18-8-10(7-17-18)13(16-2)9-4-11(14)6-12(15)5-9/h4-8,13,16H,3H2,1-2H3. The van der Waals surface area contributed by atoms with Gasteiger partial charge in [0.1, 0.15) is 0 Å². The Morgan fingerprint density at radius 1 is 1.39 bits per heavy atom. The van der Waals surface area contributed by atoms with Gasteiger partial charge in [0.25, 0.3) is 0 Å². The van der Waals surface area contributed by atoms with Gasteiger partial charge in [-0.3, -0.25) is 4.68 Å². The first-order valence-electron chi connectivity index (χ1n) is 5.79. The second kappa shape index (κ2) is 5.87. The van der Waals surface area contributed by atoms with E-state index in [0.717, 1.165) is 27.2 Å². The number of benzene rings is 1. The van der Waals surface area contributed by atoms with Crippen LogP contribution in [0.15, 0.2) is 35.1 Å². The van der Waals surface area contributed by atoms with E-state index in [0.29, 0.717) is 0 Å². The Morgan fingerprint density at radius 3 is 2.72 bits per heavy atom. The van der Waals surface area contributed by atoms with Crippen molar-refractivity contribution in [3.8, 4) is 0 Å². The van der Waals surface area contributed by atoms with Crippen LogP contribution < -0.4 is 5.32 Å². The molecule has 0 bridgehead atoms. The van der Waals surface area contributed by atoms with E-state index in [9.17, 15) is 0 Å². The minimum absolute atomic E-state index is 0.0975. The van der Waals surface area contributed by atoms with Crippen molar-refractivity contribution in [3.63, 3.8) is 0 Å². The monoisotopic (exact) mass is 327 g/mol. The number of aryl methyl sites for hydroxylation is 1. The zero-order chi connectivity index (χ0) is 13.1. The average Bonchev–Trinajstić information content (AvgIpc) is 2.77. The van der Waals surface area contributed by atoms with E-state index in [2.05, 4.69) is 45.5 Å². The van der Waals surface area contributed by atoms with Crippen LogP contribution >= 0.6 is 27.5 Å². The quantitative estimate of drug-likeness (QED) is 0.929. The van der Waals surface area contributed by atoms with Gasteiger partial charge in [-0.1, -0.05) is 27.5 Å². The van der Waals surface area contributed by atoms with E-state index >= 15 is 0 Å². The van der Waals surface area contributed by atoms with Crippen LogP contribution in [0.2, 0.25) is 5.02 Å². The lowest BCUT2D eigenvalue weighted by Crippen LogP contribution is -2.17. The smallest absolute Gasteiger partial charge is 0.0606 e. The van der Waals surface area contributed by atoms with Crippen LogP contribution in [0.3, 0.4) is 0 Å². The molecule has 0 saturated heterocycles. The maximum absolute atomic E-state index is 6.09. The number of nitrogens with zero attached hydrogens (tertiary/aromatic N) is 2. The van der Waals surface area contributed by atoms with E-state index in [4.69, 9.17) is 11.6 Å². The van der Waals surface area contributed by atoms with Crippen molar-refractivity contribution in [1.82, 2.24) is 15.1 Å². The minimum atomic E-state index is 0.0975. The molecule has 2 rings (SSSR count). The molecule has 0 spiro atoms. The highest BCUT2D eigenvalue weighted by molar-refractivity contribution is 9.10. The molecular formula is C13H15BrClN3. The second-order valence-corrected chi connectivity index (χ2v) is 5.41. The maximum atomic E-state index is 6.09. The van der Waals surface area contributed by atoms with Gasteiger partial charge >= 0.3 is 0 Å². The van der Waals surface area contributed by atoms with Gasteiger partial charge in [0.2, 0.25) is 0 Å². The third-order valence-electron chi connectivity index (χ3n) is 2.82. The Morgan fingerprint density at radius 2 is 2.17 bits per heavy atom. The molecule has 1 aromatic heterocycles. The van der Waals surface area contributed by atoms with Gasteiger partial charge in [-0.25, -0.2) is 0 Å². The van der Waals surface area contributed by atoms with Crippen molar-refractivity contribution >= 4 is 27.5 Å². The fourth-order valence-electron chi connectivity index (χ4n) is 1.97. The lowest BCUT2D eigenvalue weighted by atomic mass is 10.0. The summed E-state index contributed by atoms with van der Waals surface area (Å²) < 4.78 is 2.90. The van der Waals surface area contributed by atoms with Crippen molar-refractivity contribution in [2.75, 3.05) is 7.05 Å².